The second-order valence-electron chi connectivity index (χ2n) is 3.57. The smallest absolute Gasteiger partial charge is 0.224 e. The van der Waals surface area contributed by atoms with Crippen LogP contribution in [0.25, 0.3) is 0 Å². The molecule has 18 heavy (non-hydrogen) atoms. The summed E-state index contributed by atoms with van der Waals surface area (Å²) >= 11 is 3.31. The molecule has 0 amide bonds. The normalized spacial score (nSPS) is 11.3. The van der Waals surface area contributed by atoms with Crippen LogP contribution < -0.4 is 15.8 Å². The van der Waals surface area contributed by atoms with E-state index in [4.69, 9.17) is 5.14 Å². The van der Waals surface area contributed by atoms with Gasteiger partial charge in [-0.1, -0.05) is 0 Å². The highest BCUT2D eigenvalue weighted by Crippen LogP contribution is 2.19. The Labute approximate surface area is 115 Å². The molecule has 1 aromatic rings. The minimum atomic E-state index is -3.40. The number of anilines is 2. The molecule has 0 bridgehead atoms. The summed E-state index contributed by atoms with van der Waals surface area (Å²) in [5, 5.41) is 10.9. The van der Waals surface area contributed by atoms with Crippen LogP contribution in [0.4, 0.5) is 11.8 Å². The Hall–Kier alpha value is -0.930. The van der Waals surface area contributed by atoms with E-state index in [2.05, 4.69) is 36.5 Å². The van der Waals surface area contributed by atoms with Crippen molar-refractivity contribution in [3.63, 3.8) is 0 Å². The van der Waals surface area contributed by atoms with Crippen LogP contribution in [-0.2, 0) is 10.0 Å². The number of nitrogens with zero attached hydrogens (tertiary/aromatic N) is 2. The third-order valence-corrected chi connectivity index (χ3v) is 3.42. The third-order valence-electron chi connectivity index (χ3n) is 1.98. The van der Waals surface area contributed by atoms with Crippen molar-refractivity contribution in [2.45, 2.75) is 13.3 Å². The lowest BCUT2D eigenvalue weighted by Crippen LogP contribution is -2.19. The van der Waals surface area contributed by atoms with Crippen molar-refractivity contribution in [2.24, 2.45) is 5.14 Å². The number of aromatic nitrogens is 2. The molecule has 0 aliphatic rings. The van der Waals surface area contributed by atoms with E-state index in [0.29, 0.717) is 24.7 Å². The Kier molecular flexibility index (Phi) is 5.76. The van der Waals surface area contributed by atoms with Crippen LogP contribution in [0, 0.1) is 0 Å². The molecule has 1 aromatic heterocycles. The summed E-state index contributed by atoms with van der Waals surface area (Å²) in [6.45, 7) is 3.15. The molecule has 0 aromatic carbocycles. The zero-order chi connectivity index (χ0) is 13.6. The molecule has 1 heterocycles. The highest BCUT2D eigenvalue weighted by Gasteiger charge is 2.05. The van der Waals surface area contributed by atoms with Gasteiger partial charge in [0.05, 0.1) is 10.2 Å². The fourth-order valence-corrected chi connectivity index (χ4v) is 2.09. The van der Waals surface area contributed by atoms with Gasteiger partial charge in [-0.3, -0.25) is 0 Å². The molecule has 0 unspecified atom stereocenters. The monoisotopic (exact) mass is 337 g/mol. The molecule has 0 radical (unpaired) electrons. The zero-order valence-electron chi connectivity index (χ0n) is 9.98. The molecule has 1 rings (SSSR count). The van der Waals surface area contributed by atoms with Gasteiger partial charge in [0.25, 0.3) is 0 Å². The third kappa shape index (κ3) is 5.61. The molecule has 0 atom stereocenters. The summed E-state index contributed by atoms with van der Waals surface area (Å²) in [4.78, 5) is 8.31. The highest BCUT2D eigenvalue weighted by molar-refractivity contribution is 9.10. The second kappa shape index (κ2) is 6.86. The molecular weight excluding hydrogens is 322 g/mol. The first-order valence-corrected chi connectivity index (χ1v) is 7.94. The molecule has 7 nitrogen and oxygen atoms in total. The molecule has 0 aliphatic heterocycles. The number of halogens is 1. The van der Waals surface area contributed by atoms with E-state index in [1.807, 2.05) is 6.92 Å². The summed E-state index contributed by atoms with van der Waals surface area (Å²) in [5.74, 6) is 1.09. The van der Waals surface area contributed by atoms with E-state index in [-0.39, 0.29) is 5.75 Å². The van der Waals surface area contributed by atoms with Crippen molar-refractivity contribution in [3.8, 4) is 0 Å². The summed E-state index contributed by atoms with van der Waals surface area (Å²) in [6.07, 6.45) is 2.05. The van der Waals surface area contributed by atoms with Crippen molar-refractivity contribution in [1.29, 1.82) is 0 Å². The molecule has 0 fully saturated rings. The Morgan fingerprint density at radius 1 is 1.44 bits per heavy atom. The van der Waals surface area contributed by atoms with Crippen LogP contribution in [0.5, 0.6) is 0 Å². The van der Waals surface area contributed by atoms with E-state index in [1.165, 1.54) is 0 Å². The number of nitrogens with one attached hydrogen (secondary N) is 2. The number of nitrogens with two attached hydrogens (primary N) is 1. The van der Waals surface area contributed by atoms with Crippen molar-refractivity contribution in [2.75, 3.05) is 29.5 Å². The number of hydrogen-bond donors (Lipinski definition) is 3. The van der Waals surface area contributed by atoms with E-state index >= 15 is 0 Å². The summed E-state index contributed by atoms with van der Waals surface area (Å²) in [6, 6.07) is 0. The standard InChI is InChI=1S/C9H16BrN5O2S/c1-2-12-9-14-6-7(10)8(15-9)13-4-3-5-18(11,16)17/h6H,2-5H2,1H3,(H2,11,16,17)(H2,12,13,14,15). The Balaban J connectivity index is 2.53. The van der Waals surface area contributed by atoms with Gasteiger partial charge in [0.15, 0.2) is 0 Å². The van der Waals surface area contributed by atoms with Gasteiger partial charge in [-0.15, -0.1) is 0 Å². The van der Waals surface area contributed by atoms with Gasteiger partial charge < -0.3 is 10.6 Å². The van der Waals surface area contributed by atoms with Crippen LogP contribution in [-0.4, -0.2) is 37.2 Å². The Morgan fingerprint density at radius 3 is 2.78 bits per heavy atom. The first-order valence-electron chi connectivity index (χ1n) is 5.43. The van der Waals surface area contributed by atoms with Gasteiger partial charge in [-0.25, -0.2) is 18.5 Å². The topological polar surface area (TPSA) is 110 Å². The molecule has 9 heteroatoms. The number of sulfonamides is 1. The lowest BCUT2D eigenvalue weighted by Gasteiger charge is -2.09. The lowest BCUT2D eigenvalue weighted by atomic mass is 10.4. The maximum atomic E-state index is 10.8. The molecular formula is C9H16BrN5O2S. The number of rotatable bonds is 7. The zero-order valence-corrected chi connectivity index (χ0v) is 12.4. The largest absolute Gasteiger partial charge is 0.369 e. The van der Waals surface area contributed by atoms with E-state index in [9.17, 15) is 8.42 Å². The quantitative estimate of drug-likeness (QED) is 0.633. The minimum Gasteiger partial charge on any atom is -0.369 e. The van der Waals surface area contributed by atoms with E-state index < -0.39 is 10.0 Å². The van der Waals surface area contributed by atoms with Crippen LogP contribution >= 0.6 is 15.9 Å². The molecule has 0 aliphatic carbocycles. The van der Waals surface area contributed by atoms with E-state index in [1.54, 1.807) is 6.20 Å². The maximum Gasteiger partial charge on any atom is 0.224 e. The molecule has 4 N–H and O–H groups in total. The SMILES string of the molecule is CCNc1ncc(Br)c(NCCCS(N)(=O)=O)n1. The Bertz CT molecular complexity index is 494. The predicted octanol–water partition coefficient (Wildman–Crippen LogP) is 0.761. The lowest BCUT2D eigenvalue weighted by molar-refractivity contribution is 0.595. The van der Waals surface area contributed by atoms with Gasteiger partial charge in [0.2, 0.25) is 16.0 Å². The van der Waals surface area contributed by atoms with Gasteiger partial charge in [0, 0.05) is 19.3 Å². The molecule has 0 saturated heterocycles. The summed E-state index contributed by atoms with van der Waals surface area (Å²) in [7, 11) is -3.40. The van der Waals surface area contributed by atoms with Crippen LogP contribution in [0.15, 0.2) is 10.7 Å². The Morgan fingerprint density at radius 2 is 2.17 bits per heavy atom. The number of hydrogen-bond acceptors (Lipinski definition) is 6. The molecule has 0 spiro atoms. The first kappa shape index (κ1) is 15.1. The second-order valence-corrected chi connectivity index (χ2v) is 6.16. The van der Waals surface area contributed by atoms with Crippen molar-refractivity contribution in [1.82, 2.24) is 9.97 Å². The van der Waals surface area contributed by atoms with Crippen LogP contribution in [0.1, 0.15) is 13.3 Å². The fourth-order valence-electron chi connectivity index (χ4n) is 1.21. The van der Waals surface area contributed by atoms with Gasteiger partial charge in [-0.05, 0) is 29.3 Å². The highest BCUT2D eigenvalue weighted by atomic mass is 79.9. The minimum absolute atomic E-state index is 0.0528. The average molecular weight is 338 g/mol. The van der Waals surface area contributed by atoms with Gasteiger partial charge in [-0.2, -0.15) is 4.98 Å². The average Bonchev–Trinajstić information content (AvgIpc) is 2.27. The van der Waals surface area contributed by atoms with Crippen LogP contribution in [0.3, 0.4) is 0 Å². The predicted molar refractivity (Wildman–Crippen MR) is 75.0 cm³/mol. The summed E-state index contributed by atoms with van der Waals surface area (Å²) in [5.41, 5.74) is 0. The van der Waals surface area contributed by atoms with Crippen molar-refractivity contribution >= 4 is 37.7 Å². The van der Waals surface area contributed by atoms with Crippen molar-refractivity contribution in [3.05, 3.63) is 10.7 Å². The fraction of sp³-hybridized carbons (Fsp3) is 0.556. The van der Waals surface area contributed by atoms with Gasteiger partial charge in [0.1, 0.15) is 5.82 Å². The first-order chi connectivity index (χ1) is 8.42. The number of primary sulfonamides is 1. The van der Waals surface area contributed by atoms with E-state index in [0.717, 1.165) is 11.0 Å². The van der Waals surface area contributed by atoms with Gasteiger partial charge >= 0.3 is 0 Å². The summed E-state index contributed by atoms with van der Waals surface area (Å²) < 4.78 is 22.2. The molecule has 102 valence electrons. The molecule has 0 saturated carbocycles. The maximum absolute atomic E-state index is 10.8. The van der Waals surface area contributed by atoms with Crippen LogP contribution in [0.2, 0.25) is 0 Å². The van der Waals surface area contributed by atoms with Crippen molar-refractivity contribution < 1.29 is 8.42 Å².